The number of hydrogen-bond acceptors (Lipinski definition) is 4. The topological polar surface area (TPSA) is 85.8 Å². The van der Waals surface area contributed by atoms with Crippen LogP contribution >= 0.6 is 11.6 Å². The molecule has 1 amide bonds. The van der Waals surface area contributed by atoms with Gasteiger partial charge in [-0.05, 0) is 49.9 Å². The van der Waals surface area contributed by atoms with Crippen molar-refractivity contribution >= 4 is 23.3 Å². The fourth-order valence-corrected chi connectivity index (χ4v) is 3.87. The molecule has 2 unspecified atom stereocenters. The van der Waals surface area contributed by atoms with Crippen LogP contribution in [0.15, 0.2) is 48.8 Å². The lowest BCUT2D eigenvalue weighted by Gasteiger charge is -2.15. The van der Waals surface area contributed by atoms with Crippen molar-refractivity contribution in [2.75, 3.05) is 5.32 Å². The second-order valence-electron chi connectivity index (χ2n) is 7.47. The largest absolute Gasteiger partial charge is 0.328 e. The van der Waals surface area contributed by atoms with Crippen LogP contribution in [0.4, 0.5) is 5.82 Å². The molecule has 2 aromatic heterocycles. The minimum atomic E-state index is -0.336. The average Bonchev–Trinajstić information content (AvgIpc) is 3.34. The van der Waals surface area contributed by atoms with Crippen LogP contribution < -0.4 is 11.1 Å². The Morgan fingerprint density at radius 2 is 1.97 bits per heavy atom. The van der Waals surface area contributed by atoms with Crippen LogP contribution in [-0.4, -0.2) is 26.7 Å². The molecule has 0 bridgehead atoms. The van der Waals surface area contributed by atoms with E-state index in [4.69, 9.17) is 17.3 Å². The molecule has 30 heavy (non-hydrogen) atoms. The van der Waals surface area contributed by atoms with Gasteiger partial charge in [-0.15, -0.1) is 0 Å². The first-order valence-electron chi connectivity index (χ1n) is 9.85. The number of pyridine rings is 1. The van der Waals surface area contributed by atoms with Gasteiger partial charge >= 0.3 is 0 Å². The first kappa shape index (κ1) is 20.1. The number of benzene rings is 1. The average molecular weight is 420 g/mol. The summed E-state index contributed by atoms with van der Waals surface area (Å²) in [5.41, 5.74) is 8.88. The Labute approximate surface area is 180 Å². The second kappa shape index (κ2) is 8.70. The van der Waals surface area contributed by atoms with E-state index in [9.17, 15) is 4.79 Å². The van der Waals surface area contributed by atoms with Gasteiger partial charge in [0, 0.05) is 23.4 Å². The van der Waals surface area contributed by atoms with Gasteiger partial charge in [0.25, 0.3) is 5.91 Å². The van der Waals surface area contributed by atoms with Crippen LogP contribution in [0.3, 0.4) is 0 Å². The molecule has 0 radical (unpaired) electrons. The zero-order valence-electron chi connectivity index (χ0n) is 16.6. The van der Waals surface area contributed by atoms with Crippen LogP contribution in [0.1, 0.15) is 52.5 Å². The Kier molecular flexibility index (Phi) is 5.84. The van der Waals surface area contributed by atoms with Gasteiger partial charge in [-0.1, -0.05) is 41.6 Å². The van der Waals surface area contributed by atoms with Crippen molar-refractivity contribution in [1.29, 1.82) is 0 Å². The van der Waals surface area contributed by atoms with Gasteiger partial charge in [0.2, 0.25) is 0 Å². The fraction of sp³-hybridized carbons (Fsp3) is 0.261. The third-order valence-electron chi connectivity index (χ3n) is 5.19. The summed E-state index contributed by atoms with van der Waals surface area (Å²) in [6, 6.07) is 11.8. The Morgan fingerprint density at radius 1 is 1.20 bits per heavy atom. The molecule has 0 aliphatic heterocycles. The Balaban J connectivity index is 1.52. The molecule has 4 rings (SSSR count). The summed E-state index contributed by atoms with van der Waals surface area (Å²) in [6.45, 7) is 1.88. The number of halogens is 1. The van der Waals surface area contributed by atoms with Crippen LogP contribution in [0.2, 0.25) is 5.02 Å². The minimum Gasteiger partial charge on any atom is -0.328 e. The summed E-state index contributed by atoms with van der Waals surface area (Å²) in [5, 5.41) is 7.48. The number of hydrogen-bond donors (Lipinski definition) is 2. The smallest absolute Gasteiger partial charge is 0.276 e. The quantitative estimate of drug-likeness (QED) is 0.629. The molecule has 7 heteroatoms. The van der Waals surface area contributed by atoms with Crippen molar-refractivity contribution in [3.63, 3.8) is 0 Å². The lowest BCUT2D eigenvalue weighted by Crippen LogP contribution is -2.22. The third-order valence-corrected chi connectivity index (χ3v) is 5.47. The summed E-state index contributed by atoms with van der Waals surface area (Å²) in [5.74, 6) is 6.33. The number of nitrogens with one attached hydrogen (secondary N) is 1. The molecule has 3 N–H and O–H groups in total. The van der Waals surface area contributed by atoms with Gasteiger partial charge < -0.3 is 11.1 Å². The first-order valence-corrected chi connectivity index (χ1v) is 10.2. The molecule has 6 nitrogen and oxygen atoms in total. The molecule has 1 aliphatic rings. The number of nitrogens with two attached hydrogens (primary N) is 1. The molecule has 1 aliphatic carbocycles. The van der Waals surface area contributed by atoms with Crippen LogP contribution in [0.25, 0.3) is 0 Å². The maximum Gasteiger partial charge on any atom is 0.276 e. The number of amides is 1. The highest BCUT2D eigenvalue weighted by molar-refractivity contribution is 6.34. The lowest BCUT2D eigenvalue weighted by molar-refractivity contribution is 0.101. The van der Waals surface area contributed by atoms with Crippen LogP contribution in [0, 0.1) is 18.8 Å². The maximum absolute atomic E-state index is 12.9. The molecule has 1 aromatic carbocycles. The number of nitrogens with zero attached hydrogens (tertiary/aromatic N) is 3. The van der Waals surface area contributed by atoms with Gasteiger partial charge in [-0.2, -0.15) is 5.10 Å². The molecule has 1 saturated carbocycles. The van der Waals surface area contributed by atoms with Gasteiger partial charge in [-0.25, -0.2) is 4.98 Å². The summed E-state index contributed by atoms with van der Waals surface area (Å²) >= 11 is 6.27. The predicted molar refractivity (Wildman–Crippen MR) is 117 cm³/mol. The summed E-state index contributed by atoms with van der Waals surface area (Å²) in [7, 11) is 0. The van der Waals surface area contributed by atoms with E-state index in [0.717, 1.165) is 36.0 Å². The molecular formula is C23H22ClN5O. The highest BCUT2D eigenvalue weighted by Crippen LogP contribution is 2.31. The van der Waals surface area contributed by atoms with Crippen LogP contribution in [0.5, 0.6) is 0 Å². The van der Waals surface area contributed by atoms with Crippen molar-refractivity contribution < 1.29 is 4.79 Å². The Morgan fingerprint density at radius 3 is 2.67 bits per heavy atom. The normalized spacial score (nSPS) is 18.0. The zero-order valence-corrected chi connectivity index (χ0v) is 17.4. The summed E-state index contributed by atoms with van der Waals surface area (Å²) in [4.78, 5) is 17.3. The zero-order chi connectivity index (χ0) is 21.1. The molecule has 152 valence electrons. The van der Waals surface area contributed by atoms with E-state index in [1.807, 2.05) is 43.3 Å². The fourth-order valence-electron chi connectivity index (χ4n) is 3.65. The van der Waals surface area contributed by atoms with Gasteiger partial charge in [0.1, 0.15) is 11.5 Å². The van der Waals surface area contributed by atoms with Crippen molar-refractivity contribution in [1.82, 2.24) is 14.8 Å². The Bertz CT molecular complexity index is 1130. The van der Waals surface area contributed by atoms with Crippen molar-refractivity contribution in [2.45, 2.75) is 38.3 Å². The SMILES string of the molecule is Cc1cc(C#Cc2ccccc2)cnc1NC(=O)c1c(Cl)cnn1C1CCC(N)C1. The molecule has 2 atom stereocenters. The molecular weight excluding hydrogens is 398 g/mol. The molecule has 1 fully saturated rings. The number of carbonyl (C=O) groups is 1. The molecule has 3 aromatic rings. The van der Waals surface area contributed by atoms with Crippen molar-refractivity contribution in [3.8, 4) is 11.8 Å². The van der Waals surface area contributed by atoms with Gasteiger partial charge in [0.15, 0.2) is 0 Å². The number of carbonyl (C=O) groups excluding carboxylic acids is 1. The van der Waals surface area contributed by atoms with Gasteiger partial charge in [0.05, 0.1) is 17.3 Å². The summed E-state index contributed by atoms with van der Waals surface area (Å²) < 4.78 is 1.69. The first-order chi connectivity index (χ1) is 14.5. The second-order valence-corrected chi connectivity index (χ2v) is 7.88. The van der Waals surface area contributed by atoms with Crippen molar-refractivity contribution in [2.24, 2.45) is 5.73 Å². The number of rotatable bonds is 3. The standard InChI is InChI=1S/C23H22ClN5O/c1-15-11-17(8-7-16-5-3-2-4-6-16)13-26-22(15)28-23(30)21-20(24)14-27-29(21)19-10-9-18(25)12-19/h2-6,11,13-14,18-19H,9-10,12,25H2,1H3,(H,26,28,30). The van der Waals surface area contributed by atoms with E-state index in [-0.39, 0.29) is 18.0 Å². The maximum atomic E-state index is 12.9. The minimum absolute atomic E-state index is 0.0814. The summed E-state index contributed by atoms with van der Waals surface area (Å²) in [6.07, 6.45) is 5.72. The molecule has 0 saturated heterocycles. The van der Waals surface area contributed by atoms with E-state index in [2.05, 4.69) is 27.2 Å². The van der Waals surface area contributed by atoms with Crippen LogP contribution in [-0.2, 0) is 0 Å². The molecule has 0 spiro atoms. The molecule has 2 heterocycles. The van der Waals surface area contributed by atoms with E-state index in [1.165, 1.54) is 6.20 Å². The van der Waals surface area contributed by atoms with Gasteiger partial charge in [-0.3, -0.25) is 9.48 Å². The monoisotopic (exact) mass is 419 g/mol. The van der Waals surface area contributed by atoms with E-state index in [1.54, 1.807) is 10.9 Å². The van der Waals surface area contributed by atoms with E-state index < -0.39 is 0 Å². The number of anilines is 1. The van der Waals surface area contributed by atoms with E-state index in [0.29, 0.717) is 16.5 Å². The predicted octanol–water partition coefficient (Wildman–Crippen LogP) is 3.94. The number of aromatic nitrogens is 3. The highest BCUT2D eigenvalue weighted by atomic mass is 35.5. The lowest BCUT2D eigenvalue weighted by atomic mass is 10.1. The number of aryl methyl sites for hydroxylation is 1. The highest BCUT2D eigenvalue weighted by Gasteiger charge is 2.29. The van der Waals surface area contributed by atoms with E-state index >= 15 is 0 Å². The third kappa shape index (κ3) is 4.38. The van der Waals surface area contributed by atoms with Crippen molar-refractivity contribution in [3.05, 3.63) is 76.2 Å². The Hall–Kier alpha value is -3.14.